The number of guanidine groups is 1. The molecule has 2 aliphatic heterocycles. The van der Waals surface area contributed by atoms with Crippen molar-refractivity contribution in [2.24, 2.45) is 22.6 Å². The van der Waals surface area contributed by atoms with Gasteiger partial charge >= 0.3 is 0 Å². The Bertz CT molecular complexity index is 1230. The van der Waals surface area contributed by atoms with Crippen molar-refractivity contribution in [1.29, 1.82) is 0 Å². The second-order valence-corrected chi connectivity index (χ2v) is 11.7. The van der Waals surface area contributed by atoms with Crippen molar-refractivity contribution in [1.82, 2.24) is 15.2 Å². The Morgan fingerprint density at radius 2 is 2.06 bits per heavy atom. The summed E-state index contributed by atoms with van der Waals surface area (Å²) in [5.74, 6) is 0.405. The number of ether oxygens (including phenoxy) is 1. The number of fused-ring (bicyclic) bond motifs is 1. The average molecular weight is 510 g/mol. The van der Waals surface area contributed by atoms with Crippen LogP contribution in [0.3, 0.4) is 0 Å². The zero-order chi connectivity index (χ0) is 25.8. The Morgan fingerprint density at radius 1 is 1.28 bits per heavy atom. The van der Waals surface area contributed by atoms with E-state index >= 15 is 0 Å². The monoisotopic (exact) mass is 509 g/mol. The highest BCUT2D eigenvalue weighted by atomic mass is 35.5. The first-order valence-electron chi connectivity index (χ1n) is 12.3. The number of halogens is 1. The molecule has 1 aliphatic carbocycles. The first-order valence-corrected chi connectivity index (χ1v) is 12.7. The minimum atomic E-state index is -0.554. The minimum Gasteiger partial charge on any atom is -0.487 e. The van der Waals surface area contributed by atoms with E-state index < -0.39 is 17.2 Å². The third kappa shape index (κ3) is 4.78. The molecule has 3 heterocycles. The molecule has 2 aromatic rings. The molecule has 9 heteroatoms. The van der Waals surface area contributed by atoms with Gasteiger partial charge in [0, 0.05) is 35.3 Å². The number of aromatic nitrogens is 1. The second kappa shape index (κ2) is 8.76. The van der Waals surface area contributed by atoms with Crippen molar-refractivity contribution in [3.63, 3.8) is 0 Å². The number of nitrogens with zero attached hydrogens (tertiary/aromatic N) is 3. The number of carbonyl (C=O) groups is 2. The van der Waals surface area contributed by atoms with E-state index in [0.29, 0.717) is 17.9 Å². The normalized spacial score (nSPS) is 26.8. The van der Waals surface area contributed by atoms with Gasteiger partial charge in [-0.25, -0.2) is 4.99 Å². The number of pyridine rings is 1. The number of amides is 2. The summed E-state index contributed by atoms with van der Waals surface area (Å²) in [5, 5.41) is 3.83. The molecule has 1 fully saturated rings. The van der Waals surface area contributed by atoms with Crippen LogP contribution in [0.15, 0.2) is 47.7 Å². The van der Waals surface area contributed by atoms with Crippen LogP contribution in [0.5, 0.6) is 5.75 Å². The largest absolute Gasteiger partial charge is 0.487 e. The third-order valence-electron chi connectivity index (χ3n) is 7.15. The van der Waals surface area contributed by atoms with E-state index in [-0.39, 0.29) is 42.1 Å². The van der Waals surface area contributed by atoms with E-state index in [1.165, 1.54) is 0 Å². The Balaban J connectivity index is 1.40. The summed E-state index contributed by atoms with van der Waals surface area (Å²) < 4.78 is 6.11. The van der Waals surface area contributed by atoms with Gasteiger partial charge in [0.15, 0.2) is 5.96 Å². The fourth-order valence-electron chi connectivity index (χ4n) is 5.52. The van der Waals surface area contributed by atoms with Crippen LogP contribution in [-0.2, 0) is 9.59 Å². The van der Waals surface area contributed by atoms with E-state index in [9.17, 15) is 9.59 Å². The fourth-order valence-corrected chi connectivity index (χ4v) is 5.70. The number of carbonyl (C=O) groups excluding carboxylic acids is 2. The highest BCUT2D eigenvalue weighted by molar-refractivity contribution is 6.30. The summed E-state index contributed by atoms with van der Waals surface area (Å²) >= 11 is 6.26. The molecule has 8 nitrogen and oxygen atoms in total. The predicted molar refractivity (Wildman–Crippen MR) is 137 cm³/mol. The summed E-state index contributed by atoms with van der Waals surface area (Å²) in [6.07, 6.45) is 4.93. The number of rotatable bonds is 5. The van der Waals surface area contributed by atoms with Crippen molar-refractivity contribution in [3.8, 4) is 5.75 Å². The molecule has 36 heavy (non-hydrogen) atoms. The van der Waals surface area contributed by atoms with Gasteiger partial charge in [-0.15, -0.1) is 0 Å². The maximum atomic E-state index is 13.5. The maximum Gasteiger partial charge on any atom is 0.232 e. The Morgan fingerprint density at radius 3 is 2.75 bits per heavy atom. The lowest BCUT2D eigenvalue weighted by Crippen LogP contribution is -2.52. The van der Waals surface area contributed by atoms with Gasteiger partial charge in [-0.1, -0.05) is 17.7 Å². The smallest absolute Gasteiger partial charge is 0.232 e. The highest BCUT2D eigenvalue weighted by Gasteiger charge is 2.53. The van der Waals surface area contributed by atoms with Crippen LogP contribution >= 0.6 is 11.6 Å². The van der Waals surface area contributed by atoms with E-state index in [2.05, 4.69) is 15.3 Å². The van der Waals surface area contributed by atoms with Gasteiger partial charge in [-0.05, 0) is 69.9 Å². The lowest BCUT2D eigenvalue weighted by Gasteiger charge is -2.38. The number of benzene rings is 1. The van der Waals surface area contributed by atoms with Crippen molar-refractivity contribution >= 4 is 29.4 Å². The molecule has 4 unspecified atom stereocenters. The van der Waals surface area contributed by atoms with Crippen molar-refractivity contribution in [2.75, 3.05) is 0 Å². The van der Waals surface area contributed by atoms with E-state index in [4.69, 9.17) is 22.1 Å². The van der Waals surface area contributed by atoms with Gasteiger partial charge in [0.25, 0.3) is 0 Å². The zero-order valence-electron chi connectivity index (χ0n) is 21.0. The van der Waals surface area contributed by atoms with Gasteiger partial charge in [0.05, 0.1) is 24.0 Å². The van der Waals surface area contributed by atoms with Gasteiger partial charge < -0.3 is 15.8 Å². The van der Waals surface area contributed by atoms with E-state index in [1.807, 2.05) is 52.0 Å². The summed E-state index contributed by atoms with van der Waals surface area (Å²) in [6.45, 7) is 7.79. The third-order valence-corrected chi connectivity index (χ3v) is 7.38. The van der Waals surface area contributed by atoms with Crippen LogP contribution < -0.4 is 15.8 Å². The number of aliphatic imine (C=N–C) groups is 1. The lowest BCUT2D eigenvalue weighted by atomic mass is 9.89. The molecule has 0 radical (unpaired) electrons. The summed E-state index contributed by atoms with van der Waals surface area (Å²) in [4.78, 5) is 37.1. The van der Waals surface area contributed by atoms with Crippen LogP contribution in [0, 0.1) is 11.8 Å². The van der Waals surface area contributed by atoms with Crippen molar-refractivity contribution < 1.29 is 14.3 Å². The van der Waals surface area contributed by atoms with Crippen LogP contribution in [0.1, 0.15) is 70.2 Å². The predicted octanol–water partition coefficient (Wildman–Crippen LogP) is 4.16. The van der Waals surface area contributed by atoms with Crippen LogP contribution in [0.25, 0.3) is 0 Å². The van der Waals surface area contributed by atoms with E-state index in [0.717, 1.165) is 16.9 Å². The molecular weight excluding hydrogens is 478 g/mol. The number of hydrogen-bond donors (Lipinski definition) is 2. The summed E-state index contributed by atoms with van der Waals surface area (Å²) in [5.41, 5.74) is 7.06. The van der Waals surface area contributed by atoms with Gasteiger partial charge in [-0.3, -0.25) is 19.5 Å². The molecular formula is C27H32ClN5O3. The first kappa shape index (κ1) is 24.6. The second-order valence-electron chi connectivity index (χ2n) is 11.3. The Labute approximate surface area is 216 Å². The molecule has 5 rings (SSSR count). The molecule has 1 aromatic carbocycles. The van der Waals surface area contributed by atoms with Gasteiger partial charge in [0.1, 0.15) is 11.4 Å². The molecule has 3 aliphatic rings. The molecule has 1 aromatic heterocycles. The number of nitrogens with two attached hydrogens (primary N) is 1. The molecule has 4 atom stereocenters. The summed E-state index contributed by atoms with van der Waals surface area (Å²) in [7, 11) is 0. The van der Waals surface area contributed by atoms with Crippen LogP contribution in [-0.4, -0.2) is 38.8 Å². The number of hydrogen-bond acceptors (Lipinski definition) is 6. The highest BCUT2D eigenvalue weighted by Crippen LogP contribution is 2.51. The van der Waals surface area contributed by atoms with E-state index in [1.54, 1.807) is 23.4 Å². The Hall–Kier alpha value is -3.13. The quantitative estimate of drug-likeness (QED) is 0.629. The maximum absolute atomic E-state index is 13.5. The van der Waals surface area contributed by atoms with Crippen molar-refractivity contribution in [3.05, 3.63) is 58.9 Å². The van der Waals surface area contributed by atoms with Gasteiger partial charge in [0.2, 0.25) is 11.8 Å². The first-order chi connectivity index (χ1) is 16.9. The molecule has 2 amide bonds. The minimum absolute atomic E-state index is 0.0529. The zero-order valence-corrected chi connectivity index (χ0v) is 21.7. The molecule has 0 spiro atoms. The SMILES string of the molecule is CC1(C)CC(=O)N(C(c2cccnc2)C2CC2C(=O)NC2CC(C)(C)Oc3ccc(Cl)cc32)C(N)=N1. The number of nitrogens with one attached hydrogen (secondary N) is 1. The fraction of sp³-hybridized carbons (Fsp3) is 0.481. The summed E-state index contributed by atoms with van der Waals surface area (Å²) in [6, 6.07) is 8.61. The van der Waals surface area contributed by atoms with Crippen LogP contribution in [0.2, 0.25) is 5.02 Å². The topological polar surface area (TPSA) is 110 Å². The molecule has 3 N–H and O–H groups in total. The molecule has 190 valence electrons. The molecule has 0 saturated heterocycles. The van der Waals surface area contributed by atoms with Crippen molar-refractivity contribution in [2.45, 2.75) is 70.2 Å². The van der Waals surface area contributed by atoms with Crippen LogP contribution in [0.4, 0.5) is 0 Å². The molecule has 0 bridgehead atoms. The Kier molecular flexibility index (Phi) is 5.98. The lowest BCUT2D eigenvalue weighted by molar-refractivity contribution is -0.132. The molecule has 1 saturated carbocycles. The standard InChI is InChI=1S/C27H32ClN5O3/c1-26(2)13-22(34)33(25(29)32-26)23(15-6-5-9-30-14-15)17-11-18(17)24(35)31-20-12-27(3,4)36-21-8-7-16(28)10-19(20)21/h5-10,14,17-18,20,23H,11-13H2,1-4H3,(H2,29,32)(H,31,35). The average Bonchev–Trinajstić information content (AvgIpc) is 3.56. The van der Waals surface area contributed by atoms with Gasteiger partial charge in [-0.2, -0.15) is 0 Å².